The first-order chi connectivity index (χ1) is 10.1. The van der Waals surface area contributed by atoms with Crippen LogP contribution >= 0.6 is 0 Å². The third-order valence-electron chi connectivity index (χ3n) is 3.00. The summed E-state index contributed by atoms with van der Waals surface area (Å²) in [6, 6.07) is 12.1. The molecule has 4 nitrogen and oxygen atoms in total. The summed E-state index contributed by atoms with van der Waals surface area (Å²) in [5, 5.41) is 12.6. The van der Waals surface area contributed by atoms with Gasteiger partial charge in [0.05, 0.1) is 12.8 Å². The van der Waals surface area contributed by atoms with Crippen molar-refractivity contribution in [2.24, 2.45) is 0 Å². The van der Waals surface area contributed by atoms with Crippen LogP contribution < -0.4 is 10.1 Å². The zero-order valence-corrected chi connectivity index (χ0v) is 12.0. The Balaban J connectivity index is 2.03. The van der Waals surface area contributed by atoms with Crippen molar-refractivity contribution in [3.63, 3.8) is 0 Å². The summed E-state index contributed by atoms with van der Waals surface area (Å²) in [5.74, 6) is 0.720. The van der Waals surface area contributed by atoms with Crippen molar-refractivity contribution in [3.05, 3.63) is 65.9 Å². The van der Waals surface area contributed by atoms with Crippen LogP contribution in [-0.2, 0) is 0 Å². The van der Waals surface area contributed by atoms with Crippen molar-refractivity contribution in [1.29, 1.82) is 0 Å². The highest BCUT2D eigenvalue weighted by Crippen LogP contribution is 2.23. The molecule has 0 fully saturated rings. The first kappa shape index (κ1) is 14.7. The van der Waals surface area contributed by atoms with Crippen molar-refractivity contribution >= 4 is 11.5 Å². The van der Waals surface area contributed by atoms with E-state index >= 15 is 0 Å². The highest BCUT2D eigenvalue weighted by atomic mass is 16.5. The van der Waals surface area contributed by atoms with E-state index in [1.165, 1.54) is 12.3 Å². The van der Waals surface area contributed by atoms with E-state index in [9.17, 15) is 9.90 Å². The number of hydrogen-bond acceptors (Lipinski definition) is 4. The van der Waals surface area contributed by atoms with Gasteiger partial charge in [-0.25, -0.2) is 0 Å². The van der Waals surface area contributed by atoms with E-state index in [4.69, 9.17) is 4.74 Å². The lowest BCUT2D eigenvalue weighted by Gasteiger charge is -2.05. The second-order valence-corrected chi connectivity index (χ2v) is 4.59. The molecular formula is C17H17NO3. The molecule has 0 aromatic heterocycles. The minimum absolute atomic E-state index is 0.128. The van der Waals surface area contributed by atoms with E-state index in [1.807, 2.05) is 13.0 Å². The van der Waals surface area contributed by atoms with Gasteiger partial charge in [0, 0.05) is 17.8 Å². The molecule has 0 bridgehead atoms. The second kappa shape index (κ2) is 6.61. The Hall–Kier alpha value is -2.75. The molecule has 0 aliphatic heterocycles. The van der Waals surface area contributed by atoms with Crippen LogP contribution in [0.2, 0.25) is 0 Å². The van der Waals surface area contributed by atoms with Gasteiger partial charge in [0.1, 0.15) is 11.5 Å². The fraction of sp³-hybridized carbons (Fsp3) is 0.118. The zero-order chi connectivity index (χ0) is 15.2. The molecular weight excluding hydrogens is 266 g/mol. The number of ketones is 1. The molecule has 2 aromatic rings. The van der Waals surface area contributed by atoms with Gasteiger partial charge >= 0.3 is 0 Å². The maximum absolute atomic E-state index is 12.0. The smallest absolute Gasteiger partial charge is 0.187 e. The molecule has 2 N–H and O–H groups in total. The normalized spacial score (nSPS) is 10.6. The Labute approximate surface area is 123 Å². The number of ether oxygens (including phenoxy) is 1. The predicted octanol–water partition coefficient (Wildman–Crippen LogP) is 3.52. The Morgan fingerprint density at radius 2 is 1.90 bits per heavy atom. The first-order valence-electron chi connectivity index (χ1n) is 6.51. The number of aryl methyl sites for hydroxylation is 1. The summed E-state index contributed by atoms with van der Waals surface area (Å²) in [4.78, 5) is 12.0. The van der Waals surface area contributed by atoms with Crippen LogP contribution in [0.1, 0.15) is 15.9 Å². The quantitative estimate of drug-likeness (QED) is 0.501. The fourth-order valence-corrected chi connectivity index (χ4v) is 1.82. The first-order valence-corrected chi connectivity index (χ1v) is 6.51. The van der Waals surface area contributed by atoms with Crippen molar-refractivity contribution in [2.45, 2.75) is 6.92 Å². The number of hydrogen-bond donors (Lipinski definition) is 2. The van der Waals surface area contributed by atoms with Gasteiger partial charge in [0.15, 0.2) is 5.78 Å². The monoisotopic (exact) mass is 283 g/mol. The van der Waals surface area contributed by atoms with Crippen LogP contribution in [0.3, 0.4) is 0 Å². The number of benzene rings is 2. The number of allylic oxidation sites excluding steroid dienone is 1. The minimum atomic E-state index is -0.128. The number of aromatic hydroxyl groups is 1. The lowest BCUT2D eigenvalue weighted by Crippen LogP contribution is -1.96. The number of carbonyl (C=O) groups excluding carboxylic acids is 1. The molecule has 0 spiro atoms. The van der Waals surface area contributed by atoms with E-state index in [1.54, 1.807) is 43.5 Å². The van der Waals surface area contributed by atoms with Gasteiger partial charge in [-0.3, -0.25) is 4.79 Å². The van der Waals surface area contributed by atoms with Gasteiger partial charge in [0.2, 0.25) is 0 Å². The number of anilines is 1. The molecule has 2 rings (SSSR count). The van der Waals surface area contributed by atoms with Gasteiger partial charge in [0.25, 0.3) is 0 Å². The van der Waals surface area contributed by atoms with E-state index in [0.717, 1.165) is 5.56 Å². The zero-order valence-electron chi connectivity index (χ0n) is 12.0. The van der Waals surface area contributed by atoms with Crippen LogP contribution in [0.5, 0.6) is 11.5 Å². The molecule has 0 atom stereocenters. The summed E-state index contributed by atoms with van der Waals surface area (Å²) in [6.07, 6.45) is 2.94. The van der Waals surface area contributed by atoms with Gasteiger partial charge in [-0.1, -0.05) is 6.07 Å². The average molecular weight is 283 g/mol. The van der Waals surface area contributed by atoms with Crippen molar-refractivity contribution in [3.8, 4) is 11.5 Å². The van der Waals surface area contributed by atoms with Gasteiger partial charge in [-0.15, -0.1) is 0 Å². The Bertz CT molecular complexity index is 660. The molecule has 4 heteroatoms. The van der Waals surface area contributed by atoms with E-state index in [-0.39, 0.29) is 11.5 Å². The number of methoxy groups -OCH3 is 1. The number of nitrogens with one attached hydrogen (secondary N) is 1. The van der Waals surface area contributed by atoms with Gasteiger partial charge in [-0.05, 0) is 48.9 Å². The lowest BCUT2D eigenvalue weighted by atomic mass is 10.1. The Morgan fingerprint density at radius 1 is 1.19 bits per heavy atom. The molecule has 2 aromatic carbocycles. The molecule has 108 valence electrons. The Kier molecular flexibility index (Phi) is 4.61. The minimum Gasteiger partial charge on any atom is -0.506 e. The molecule has 0 saturated carbocycles. The van der Waals surface area contributed by atoms with Crippen LogP contribution in [0.25, 0.3) is 0 Å². The molecule has 0 saturated heterocycles. The number of phenolic OH excluding ortho intramolecular Hbond substituents is 1. The molecule has 0 unspecified atom stereocenters. The van der Waals surface area contributed by atoms with Gasteiger partial charge < -0.3 is 15.2 Å². The molecule has 0 aliphatic rings. The largest absolute Gasteiger partial charge is 0.506 e. The number of rotatable bonds is 5. The standard InChI is InChI=1S/C17H17NO3/c1-12-3-8-17(20)15(11-12)18-10-9-16(19)13-4-6-14(21-2)7-5-13/h3-11,18,20H,1-2H3/b10-9+. The van der Waals surface area contributed by atoms with Crippen LogP contribution in [0.4, 0.5) is 5.69 Å². The Morgan fingerprint density at radius 3 is 2.57 bits per heavy atom. The molecule has 0 aliphatic carbocycles. The van der Waals surface area contributed by atoms with Crippen LogP contribution in [-0.4, -0.2) is 18.0 Å². The average Bonchev–Trinajstić information content (AvgIpc) is 2.50. The van der Waals surface area contributed by atoms with E-state index in [0.29, 0.717) is 17.0 Å². The maximum Gasteiger partial charge on any atom is 0.187 e. The maximum atomic E-state index is 12.0. The lowest BCUT2D eigenvalue weighted by molar-refractivity contribution is 0.104. The predicted molar refractivity (Wildman–Crippen MR) is 82.9 cm³/mol. The second-order valence-electron chi connectivity index (χ2n) is 4.59. The molecule has 0 heterocycles. The van der Waals surface area contributed by atoms with Crippen molar-refractivity contribution in [1.82, 2.24) is 0 Å². The molecule has 0 amide bonds. The number of carbonyl (C=O) groups is 1. The topological polar surface area (TPSA) is 58.6 Å². The van der Waals surface area contributed by atoms with Crippen LogP contribution in [0, 0.1) is 6.92 Å². The molecule has 21 heavy (non-hydrogen) atoms. The fourth-order valence-electron chi connectivity index (χ4n) is 1.82. The van der Waals surface area contributed by atoms with Crippen molar-refractivity contribution < 1.29 is 14.6 Å². The molecule has 0 radical (unpaired) electrons. The van der Waals surface area contributed by atoms with Crippen LogP contribution in [0.15, 0.2) is 54.7 Å². The van der Waals surface area contributed by atoms with E-state index in [2.05, 4.69) is 5.32 Å². The summed E-state index contributed by atoms with van der Waals surface area (Å²) in [6.45, 7) is 1.93. The van der Waals surface area contributed by atoms with Gasteiger partial charge in [-0.2, -0.15) is 0 Å². The SMILES string of the molecule is COc1ccc(C(=O)/C=C/Nc2cc(C)ccc2O)cc1. The third-order valence-corrected chi connectivity index (χ3v) is 3.00. The third kappa shape index (κ3) is 3.86. The summed E-state index contributed by atoms with van der Waals surface area (Å²) in [5.41, 5.74) is 2.15. The van der Waals surface area contributed by atoms with Crippen molar-refractivity contribution in [2.75, 3.05) is 12.4 Å². The number of phenols is 1. The summed E-state index contributed by atoms with van der Waals surface area (Å²) in [7, 11) is 1.58. The highest BCUT2D eigenvalue weighted by molar-refractivity contribution is 6.04. The summed E-state index contributed by atoms with van der Waals surface area (Å²) >= 11 is 0. The highest BCUT2D eigenvalue weighted by Gasteiger charge is 2.02. The summed E-state index contributed by atoms with van der Waals surface area (Å²) < 4.78 is 5.04. The van der Waals surface area contributed by atoms with E-state index < -0.39 is 0 Å².